The zero-order valence-electron chi connectivity index (χ0n) is 12.4. The van der Waals surface area contributed by atoms with E-state index in [4.69, 9.17) is 5.14 Å². The van der Waals surface area contributed by atoms with Gasteiger partial charge in [0.25, 0.3) is 5.91 Å². The van der Waals surface area contributed by atoms with Crippen LogP contribution in [0.25, 0.3) is 10.8 Å². The number of phenols is 1. The van der Waals surface area contributed by atoms with Crippen LogP contribution in [0.3, 0.4) is 0 Å². The lowest BCUT2D eigenvalue weighted by Crippen LogP contribution is -2.18. The van der Waals surface area contributed by atoms with Crippen molar-refractivity contribution < 1.29 is 18.3 Å². The predicted octanol–water partition coefficient (Wildman–Crippen LogP) is 2.45. The Hall–Kier alpha value is -2.90. The summed E-state index contributed by atoms with van der Waals surface area (Å²) in [6.07, 6.45) is 0. The lowest BCUT2D eigenvalue weighted by atomic mass is 10.1. The maximum Gasteiger partial charge on any atom is 0.255 e. The molecule has 0 spiro atoms. The van der Waals surface area contributed by atoms with E-state index in [2.05, 4.69) is 5.32 Å². The van der Waals surface area contributed by atoms with Gasteiger partial charge in [0.15, 0.2) is 0 Å². The number of primary sulfonamides is 1. The lowest BCUT2D eigenvalue weighted by molar-refractivity contribution is 0.102. The quantitative estimate of drug-likeness (QED) is 0.679. The first-order valence-corrected chi connectivity index (χ1v) is 8.56. The van der Waals surface area contributed by atoms with Crippen LogP contribution in [0.2, 0.25) is 0 Å². The minimum atomic E-state index is -4.10. The second-order valence-corrected chi connectivity index (χ2v) is 6.71. The first-order chi connectivity index (χ1) is 11.4. The number of amides is 1. The highest BCUT2D eigenvalue weighted by Gasteiger charge is 2.20. The van der Waals surface area contributed by atoms with E-state index in [-0.39, 0.29) is 21.7 Å². The number of benzene rings is 3. The van der Waals surface area contributed by atoms with E-state index in [1.807, 2.05) is 0 Å². The van der Waals surface area contributed by atoms with Crippen molar-refractivity contribution in [2.24, 2.45) is 5.14 Å². The van der Waals surface area contributed by atoms with E-state index in [1.54, 1.807) is 42.5 Å². The summed E-state index contributed by atoms with van der Waals surface area (Å²) < 4.78 is 23.7. The van der Waals surface area contributed by atoms with Gasteiger partial charge in [0.05, 0.1) is 5.69 Å². The third kappa shape index (κ3) is 2.94. The second-order valence-electron chi connectivity index (χ2n) is 5.18. The summed E-state index contributed by atoms with van der Waals surface area (Å²) in [5.74, 6) is -0.655. The van der Waals surface area contributed by atoms with Crippen LogP contribution < -0.4 is 10.5 Å². The molecule has 0 unspecified atom stereocenters. The SMILES string of the molecule is NS(=O)(=O)c1ccc2cccc(O)c2c1NC(=O)c1ccccc1. The number of carbonyl (C=O) groups is 1. The van der Waals surface area contributed by atoms with Gasteiger partial charge in [-0.2, -0.15) is 0 Å². The molecular weight excluding hydrogens is 328 g/mol. The molecule has 0 aliphatic heterocycles. The molecule has 0 aromatic heterocycles. The molecule has 1 amide bonds. The standard InChI is InChI=1S/C17H14N2O4S/c18-24(22,23)14-10-9-11-7-4-8-13(20)15(11)16(14)19-17(21)12-5-2-1-3-6-12/h1-10,20H,(H,19,21)(H2,18,22,23). The van der Waals surface area contributed by atoms with Crippen molar-refractivity contribution in [1.29, 1.82) is 0 Å². The van der Waals surface area contributed by atoms with Crippen LogP contribution in [-0.2, 0) is 10.0 Å². The van der Waals surface area contributed by atoms with Crippen molar-refractivity contribution in [3.63, 3.8) is 0 Å². The molecule has 3 aromatic rings. The van der Waals surface area contributed by atoms with E-state index < -0.39 is 15.9 Å². The Morgan fingerprint density at radius 2 is 1.67 bits per heavy atom. The molecule has 0 bridgehead atoms. The molecule has 0 saturated heterocycles. The maximum absolute atomic E-state index is 12.4. The van der Waals surface area contributed by atoms with Crippen LogP contribution in [0, 0.1) is 0 Å². The molecule has 0 fully saturated rings. The smallest absolute Gasteiger partial charge is 0.255 e. The van der Waals surface area contributed by atoms with Gasteiger partial charge in [0.1, 0.15) is 10.6 Å². The summed E-state index contributed by atoms with van der Waals surface area (Å²) in [6.45, 7) is 0. The Labute approximate surface area is 138 Å². The third-order valence-electron chi connectivity index (χ3n) is 3.57. The molecule has 3 aromatic carbocycles. The van der Waals surface area contributed by atoms with Crippen LogP contribution in [0.5, 0.6) is 5.75 Å². The largest absolute Gasteiger partial charge is 0.507 e. The number of sulfonamides is 1. The van der Waals surface area contributed by atoms with Crippen molar-refractivity contribution in [3.05, 3.63) is 66.2 Å². The monoisotopic (exact) mass is 342 g/mol. The zero-order chi connectivity index (χ0) is 17.3. The molecule has 0 radical (unpaired) electrons. The van der Waals surface area contributed by atoms with Crippen LogP contribution in [0.1, 0.15) is 10.4 Å². The number of hydrogen-bond donors (Lipinski definition) is 3. The molecule has 3 rings (SSSR count). The van der Waals surface area contributed by atoms with Gasteiger partial charge in [-0.25, -0.2) is 13.6 Å². The fourth-order valence-electron chi connectivity index (χ4n) is 2.48. The minimum absolute atomic E-state index is 0.0399. The van der Waals surface area contributed by atoms with Crippen LogP contribution >= 0.6 is 0 Å². The van der Waals surface area contributed by atoms with E-state index in [9.17, 15) is 18.3 Å². The molecule has 0 aliphatic carbocycles. The number of aromatic hydroxyl groups is 1. The normalized spacial score (nSPS) is 11.4. The molecule has 0 heterocycles. The summed E-state index contributed by atoms with van der Waals surface area (Å²) in [7, 11) is -4.10. The molecule has 24 heavy (non-hydrogen) atoms. The van der Waals surface area contributed by atoms with Crippen molar-refractivity contribution in [1.82, 2.24) is 0 Å². The van der Waals surface area contributed by atoms with Gasteiger partial charge in [-0.1, -0.05) is 36.4 Å². The molecule has 0 saturated carbocycles. The molecule has 6 nitrogen and oxygen atoms in total. The van der Waals surface area contributed by atoms with E-state index in [0.29, 0.717) is 10.9 Å². The number of nitrogens with two attached hydrogens (primary N) is 1. The van der Waals surface area contributed by atoms with Gasteiger partial charge in [-0.05, 0) is 29.7 Å². The van der Waals surface area contributed by atoms with Crippen LogP contribution in [0.15, 0.2) is 65.6 Å². The molecular formula is C17H14N2O4S. The second kappa shape index (κ2) is 5.95. The summed E-state index contributed by atoms with van der Waals surface area (Å²) in [5.41, 5.74) is 0.312. The Morgan fingerprint density at radius 3 is 2.33 bits per heavy atom. The van der Waals surface area contributed by atoms with Gasteiger partial charge in [-0.3, -0.25) is 4.79 Å². The topological polar surface area (TPSA) is 109 Å². The van der Waals surface area contributed by atoms with E-state index in [1.165, 1.54) is 18.2 Å². The fourth-order valence-corrected chi connectivity index (χ4v) is 3.17. The Morgan fingerprint density at radius 1 is 0.958 bits per heavy atom. The molecule has 0 atom stereocenters. The average Bonchev–Trinajstić information content (AvgIpc) is 2.54. The Bertz CT molecular complexity index is 1030. The van der Waals surface area contributed by atoms with E-state index >= 15 is 0 Å². The Kier molecular flexibility index (Phi) is 3.96. The van der Waals surface area contributed by atoms with Crippen LogP contribution in [0.4, 0.5) is 5.69 Å². The summed E-state index contributed by atoms with van der Waals surface area (Å²) in [6, 6.07) is 15.9. The maximum atomic E-state index is 12.4. The van der Waals surface area contributed by atoms with Gasteiger partial charge in [0, 0.05) is 10.9 Å². The van der Waals surface area contributed by atoms with Crippen molar-refractivity contribution in [3.8, 4) is 5.75 Å². The van der Waals surface area contributed by atoms with Gasteiger partial charge in [0.2, 0.25) is 10.0 Å². The average molecular weight is 342 g/mol. The molecule has 0 aliphatic rings. The number of phenolic OH excluding ortho intramolecular Hbond substituents is 1. The third-order valence-corrected chi connectivity index (χ3v) is 4.52. The highest BCUT2D eigenvalue weighted by molar-refractivity contribution is 7.89. The molecule has 122 valence electrons. The number of hydrogen-bond acceptors (Lipinski definition) is 4. The number of rotatable bonds is 3. The minimum Gasteiger partial charge on any atom is -0.507 e. The number of fused-ring (bicyclic) bond motifs is 1. The fraction of sp³-hybridized carbons (Fsp3) is 0. The molecule has 7 heteroatoms. The first kappa shape index (κ1) is 16.0. The lowest BCUT2D eigenvalue weighted by Gasteiger charge is -2.14. The summed E-state index contributed by atoms with van der Waals surface area (Å²) >= 11 is 0. The summed E-state index contributed by atoms with van der Waals surface area (Å²) in [4.78, 5) is 12.2. The Balaban J connectivity index is 2.22. The van der Waals surface area contributed by atoms with Gasteiger partial charge < -0.3 is 10.4 Å². The van der Waals surface area contributed by atoms with Crippen molar-refractivity contribution in [2.75, 3.05) is 5.32 Å². The van der Waals surface area contributed by atoms with Crippen molar-refractivity contribution >= 4 is 32.4 Å². The highest BCUT2D eigenvalue weighted by atomic mass is 32.2. The molecule has 4 N–H and O–H groups in total. The number of anilines is 1. The van der Waals surface area contributed by atoms with E-state index in [0.717, 1.165) is 0 Å². The zero-order valence-corrected chi connectivity index (χ0v) is 13.2. The summed E-state index contributed by atoms with van der Waals surface area (Å²) in [5, 5.41) is 18.7. The van der Waals surface area contributed by atoms with Gasteiger partial charge in [-0.15, -0.1) is 0 Å². The van der Waals surface area contributed by atoms with Crippen LogP contribution in [-0.4, -0.2) is 19.4 Å². The van der Waals surface area contributed by atoms with Gasteiger partial charge >= 0.3 is 0 Å². The predicted molar refractivity (Wildman–Crippen MR) is 91.4 cm³/mol. The van der Waals surface area contributed by atoms with Crippen molar-refractivity contribution in [2.45, 2.75) is 4.90 Å². The first-order valence-electron chi connectivity index (χ1n) is 7.02. The highest BCUT2D eigenvalue weighted by Crippen LogP contribution is 2.36. The number of carbonyl (C=O) groups excluding carboxylic acids is 1. The number of nitrogens with one attached hydrogen (secondary N) is 1.